The van der Waals surface area contributed by atoms with Crippen LogP contribution in [0.25, 0.3) is 33.8 Å². The van der Waals surface area contributed by atoms with E-state index in [1.165, 1.54) is 16.9 Å². The molecule has 6 aromatic rings. The Morgan fingerprint density at radius 3 is 1.67 bits per heavy atom. The maximum Gasteiger partial charge on any atom is 0.139 e. The number of hydrogen-bond donors (Lipinski definition) is 0. The van der Waals surface area contributed by atoms with Gasteiger partial charge < -0.3 is 28.1 Å². The summed E-state index contributed by atoms with van der Waals surface area (Å²) in [6.45, 7) is 6.11. The number of ether oxygens (including phenoxy) is 2. The molecular formula is C37H40N6O2. The van der Waals surface area contributed by atoms with E-state index in [1.54, 1.807) is 14.2 Å². The van der Waals surface area contributed by atoms with E-state index in [0.29, 0.717) is 12.2 Å². The summed E-state index contributed by atoms with van der Waals surface area (Å²) in [7, 11) is 3.58. The van der Waals surface area contributed by atoms with Gasteiger partial charge in [-0.15, -0.1) is 0 Å². The van der Waals surface area contributed by atoms with Crippen LogP contribution in [0.3, 0.4) is 0 Å². The van der Waals surface area contributed by atoms with E-state index >= 15 is 0 Å². The number of methoxy groups -OCH3 is 2. The van der Waals surface area contributed by atoms with Crippen LogP contribution in [0, 0.1) is 6.92 Å². The zero-order valence-electron chi connectivity index (χ0n) is 26.2. The van der Waals surface area contributed by atoms with Gasteiger partial charge in [0, 0.05) is 99.8 Å². The number of aryl methyl sites for hydroxylation is 1. The third kappa shape index (κ3) is 6.30. The molecule has 0 bridgehead atoms. The molecule has 6 heterocycles. The number of aromatic nitrogens is 4. The van der Waals surface area contributed by atoms with Gasteiger partial charge in [0.2, 0.25) is 0 Å². The van der Waals surface area contributed by atoms with Crippen molar-refractivity contribution in [3.8, 4) is 22.5 Å². The van der Waals surface area contributed by atoms with Crippen LogP contribution in [0.4, 0.5) is 11.4 Å². The van der Waals surface area contributed by atoms with E-state index < -0.39 is 0 Å². The minimum absolute atomic E-state index is 0.342. The van der Waals surface area contributed by atoms with Crippen molar-refractivity contribution in [3.63, 3.8) is 0 Å². The van der Waals surface area contributed by atoms with Gasteiger partial charge in [-0.05, 0) is 38.0 Å². The van der Waals surface area contributed by atoms with Crippen molar-refractivity contribution >= 4 is 22.7 Å². The van der Waals surface area contributed by atoms with Crippen LogP contribution < -0.4 is 9.80 Å². The molecule has 2 fully saturated rings. The molecule has 0 N–H and O–H groups in total. The van der Waals surface area contributed by atoms with E-state index in [4.69, 9.17) is 19.4 Å². The van der Waals surface area contributed by atoms with Gasteiger partial charge in [-0.1, -0.05) is 54.1 Å². The molecule has 8 rings (SSSR count). The minimum atomic E-state index is 0.342. The van der Waals surface area contributed by atoms with Gasteiger partial charge in [-0.3, -0.25) is 0 Å². The number of fused-ring (bicyclic) bond motifs is 2. The number of imidazole rings is 2. The molecule has 0 saturated carbocycles. The molecule has 8 nitrogen and oxygen atoms in total. The zero-order chi connectivity index (χ0) is 30.8. The second-order valence-corrected chi connectivity index (χ2v) is 12.0. The summed E-state index contributed by atoms with van der Waals surface area (Å²) in [6.07, 6.45) is 11.2. The molecular weight excluding hydrogens is 560 g/mol. The molecule has 0 spiro atoms. The third-order valence-corrected chi connectivity index (χ3v) is 8.96. The highest BCUT2D eigenvalue weighted by molar-refractivity contribution is 5.67. The fourth-order valence-corrected chi connectivity index (χ4v) is 6.34. The molecule has 4 aromatic heterocycles. The number of hydrogen-bond acceptors (Lipinski definition) is 6. The minimum Gasteiger partial charge on any atom is -0.380 e. The number of rotatable bonds is 6. The normalized spacial score (nSPS) is 18.1. The van der Waals surface area contributed by atoms with E-state index in [1.807, 2.05) is 18.2 Å². The number of pyridine rings is 2. The maximum atomic E-state index is 5.46. The Labute approximate surface area is 264 Å². The van der Waals surface area contributed by atoms with Crippen LogP contribution in [0.2, 0.25) is 0 Å². The van der Waals surface area contributed by atoms with Crippen molar-refractivity contribution in [2.45, 2.75) is 32.0 Å². The summed E-state index contributed by atoms with van der Waals surface area (Å²) in [4.78, 5) is 14.3. The molecule has 2 aromatic carbocycles. The van der Waals surface area contributed by atoms with Gasteiger partial charge in [0.05, 0.1) is 23.6 Å². The molecule has 2 atom stereocenters. The first-order valence-electron chi connectivity index (χ1n) is 15.7. The Kier molecular flexibility index (Phi) is 8.24. The molecule has 2 aliphatic heterocycles. The van der Waals surface area contributed by atoms with Crippen LogP contribution in [-0.4, -0.2) is 71.4 Å². The van der Waals surface area contributed by atoms with Gasteiger partial charge in [0.25, 0.3) is 0 Å². The first-order chi connectivity index (χ1) is 22.1. The van der Waals surface area contributed by atoms with Gasteiger partial charge in [-0.2, -0.15) is 0 Å². The van der Waals surface area contributed by atoms with Crippen LogP contribution in [0.1, 0.15) is 18.4 Å². The van der Waals surface area contributed by atoms with Crippen LogP contribution in [0.15, 0.2) is 104 Å². The van der Waals surface area contributed by atoms with Crippen molar-refractivity contribution in [3.05, 3.63) is 109 Å². The molecule has 0 aliphatic carbocycles. The molecule has 2 saturated heterocycles. The first-order valence-corrected chi connectivity index (χ1v) is 15.7. The van der Waals surface area contributed by atoms with Crippen LogP contribution in [0.5, 0.6) is 0 Å². The summed E-state index contributed by atoms with van der Waals surface area (Å²) >= 11 is 0. The van der Waals surface area contributed by atoms with Crippen molar-refractivity contribution < 1.29 is 9.47 Å². The van der Waals surface area contributed by atoms with Gasteiger partial charge in [0.15, 0.2) is 0 Å². The monoisotopic (exact) mass is 600 g/mol. The number of nitrogens with zero attached hydrogens (tertiary/aromatic N) is 6. The SMILES string of the molecule is CO[C@@H]1CCN(c2ccn3cc(-c4ccccc4)nc3c2)C1.CO[C@H]1CCN(c2ccn3cc(-c4cccc(C)c4)nc3c2)C1. The first kappa shape index (κ1) is 29.1. The van der Waals surface area contributed by atoms with Crippen molar-refractivity contribution in [2.24, 2.45) is 0 Å². The lowest BCUT2D eigenvalue weighted by Crippen LogP contribution is -2.22. The Bertz CT molecular complexity index is 1900. The largest absolute Gasteiger partial charge is 0.380 e. The fourth-order valence-electron chi connectivity index (χ4n) is 6.34. The standard InChI is InChI=1S/C19H21N3O.C18H19N3O/c1-14-4-3-5-15(10-14)18-13-22-8-6-16(11-19(22)20-18)21-9-7-17(12-21)23-2;1-22-16-8-10-20(12-16)15-7-9-21-13-17(19-18(21)11-15)14-5-3-2-4-6-14/h3-6,8,10-11,13,17H,7,9,12H2,1-2H3;2-7,9,11,13,16H,8,10,12H2,1H3/t17-;16-/m01/s1. The van der Waals surface area contributed by atoms with Crippen LogP contribution in [-0.2, 0) is 9.47 Å². The van der Waals surface area contributed by atoms with Gasteiger partial charge in [-0.25, -0.2) is 9.97 Å². The lowest BCUT2D eigenvalue weighted by molar-refractivity contribution is 0.121. The Morgan fingerprint density at radius 1 is 0.622 bits per heavy atom. The summed E-state index contributed by atoms with van der Waals surface area (Å²) < 4.78 is 15.1. The molecule has 0 radical (unpaired) electrons. The van der Waals surface area contributed by atoms with E-state index in [2.05, 4.69) is 111 Å². The van der Waals surface area contributed by atoms with Crippen molar-refractivity contribution in [2.75, 3.05) is 50.2 Å². The van der Waals surface area contributed by atoms with Gasteiger partial charge >= 0.3 is 0 Å². The average Bonchev–Trinajstić information content (AvgIpc) is 3.90. The van der Waals surface area contributed by atoms with E-state index in [9.17, 15) is 0 Å². The lowest BCUT2D eigenvalue weighted by atomic mass is 10.1. The highest BCUT2D eigenvalue weighted by Crippen LogP contribution is 2.27. The second-order valence-electron chi connectivity index (χ2n) is 12.0. The molecule has 45 heavy (non-hydrogen) atoms. The molecule has 230 valence electrons. The molecule has 0 unspecified atom stereocenters. The third-order valence-electron chi connectivity index (χ3n) is 8.96. The molecule has 2 aliphatic rings. The second kappa shape index (κ2) is 12.8. The smallest absolute Gasteiger partial charge is 0.139 e. The van der Waals surface area contributed by atoms with Crippen LogP contribution >= 0.6 is 0 Å². The van der Waals surface area contributed by atoms with Gasteiger partial charge in [0.1, 0.15) is 11.3 Å². The number of anilines is 2. The Balaban J connectivity index is 0.000000145. The van der Waals surface area contributed by atoms with E-state index in [-0.39, 0.29) is 0 Å². The lowest BCUT2D eigenvalue weighted by Gasteiger charge is -2.18. The summed E-state index contributed by atoms with van der Waals surface area (Å²) in [5.74, 6) is 0. The topological polar surface area (TPSA) is 59.5 Å². The average molecular weight is 601 g/mol. The Morgan fingerprint density at radius 2 is 1.16 bits per heavy atom. The van der Waals surface area contributed by atoms with Crippen molar-refractivity contribution in [1.82, 2.24) is 18.8 Å². The summed E-state index contributed by atoms with van der Waals surface area (Å²) in [5.41, 5.74) is 10.00. The molecule has 8 heteroatoms. The van der Waals surface area contributed by atoms with Crippen molar-refractivity contribution in [1.29, 1.82) is 0 Å². The summed E-state index contributed by atoms with van der Waals surface area (Å²) in [6, 6.07) is 27.4. The zero-order valence-corrected chi connectivity index (χ0v) is 26.2. The fraction of sp³-hybridized carbons (Fsp3) is 0.297. The Hall–Kier alpha value is -4.66. The molecule has 0 amide bonds. The number of benzene rings is 2. The predicted octanol–water partition coefficient (Wildman–Crippen LogP) is 6.76. The highest BCUT2D eigenvalue weighted by Gasteiger charge is 2.23. The maximum absolute atomic E-state index is 5.46. The predicted molar refractivity (Wildman–Crippen MR) is 181 cm³/mol. The highest BCUT2D eigenvalue weighted by atomic mass is 16.5. The quantitative estimate of drug-likeness (QED) is 0.211. The summed E-state index contributed by atoms with van der Waals surface area (Å²) in [5, 5.41) is 0. The van der Waals surface area contributed by atoms with E-state index in [0.717, 1.165) is 72.8 Å².